The van der Waals surface area contributed by atoms with Gasteiger partial charge in [0, 0.05) is 6.54 Å². The van der Waals surface area contributed by atoms with E-state index < -0.39 is 0 Å². The first kappa shape index (κ1) is 13.8. The summed E-state index contributed by atoms with van der Waals surface area (Å²) in [6, 6.07) is 3.90. The monoisotopic (exact) mass is 327 g/mol. The lowest BCUT2D eigenvalue weighted by atomic mass is 10.2. The summed E-state index contributed by atoms with van der Waals surface area (Å²) in [6.07, 6.45) is 1.31. The van der Waals surface area contributed by atoms with E-state index in [2.05, 4.69) is 35.9 Å². The number of halogens is 1. The molecule has 2 aromatic rings. The number of ether oxygens (including phenoxy) is 2. The van der Waals surface area contributed by atoms with Crippen molar-refractivity contribution in [3.8, 4) is 11.5 Å². The van der Waals surface area contributed by atoms with Crippen LogP contribution in [0.5, 0.6) is 11.5 Å². The molecule has 1 heterocycles. The third-order valence-corrected chi connectivity index (χ3v) is 3.10. The lowest BCUT2D eigenvalue weighted by molar-refractivity contribution is 0.352. The first-order chi connectivity index (χ1) is 9.24. The molecule has 0 aliphatic heterocycles. The lowest BCUT2D eigenvalue weighted by Crippen LogP contribution is -2.13. The lowest BCUT2D eigenvalue weighted by Gasteiger charge is -2.12. The van der Waals surface area contributed by atoms with E-state index in [1.807, 2.05) is 12.1 Å². The number of hydrogen-bond donors (Lipinski definition) is 1. The Hall–Kier alpha value is -1.60. The number of benzene rings is 1. The average Bonchev–Trinajstić information content (AvgIpc) is 2.91. The first-order valence-corrected chi connectivity index (χ1v) is 6.40. The number of methoxy groups -OCH3 is 2. The van der Waals surface area contributed by atoms with Crippen molar-refractivity contribution < 1.29 is 14.0 Å². The van der Waals surface area contributed by atoms with Crippen molar-refractivity contribution in [1.29, 1.82) is 0 Å². The Kier molecular flexibility index (Phi) is 4.75. The van der Waals surface area contributed by atoms with Crippen LogP contribution < -0.4 is 14.8 Å². The minimum absolute atomic E-state index is 0.544. The second kappa shape index (κ2) is 6.53. The molecule has 0 saturated carbocycles. The highest BCUT2D eigenvalue weighted by molar-refractivity contribution is 9.10. The van der Waals surface area contributed by atoms with Gasteiger partial charge in [0.25, 0.3) is 0 Å². The second-order valence-corrected chi connectivity index (χ2v) is 4.62. The molecule has 7 heteroatoms. The third kappa shape index (κ3) is 3.45. The van der Waals surface area contributed by atoms with E-state index in [9.17, 15) is 0 Å². The molecule has 1 aromatic heterocycles. The van der Waals surface area contributed by atoms with E-state index in [1.165, 1.54) is 6.39 Å². The van der Waals surface area contributed by atoms with Gasteiger partial charge in [-0.2, -0.15) is 4.98 Å². The van der Waals surface area contributed by atoms with E-state index in [0.717, 1.165) is 10.0 Å². The van der Waals surface area contributed by atoms with Gasteiger partial charge in [0.1, 0.15) is 0 Å². The van der Waals surface area contributed by atoms with Crippen LogP contribution >= 0.6 is 15.9 Å². The summed E-state index contributed by atoms with van der Waals surface area (Å²) in [5.74, 6) is 2.00. The van der Waals surface area contributed by atoms with Crippen LogP contribution in [0, 0.1) is 0 Å². The largest absolute Gasteiger partial charge is 0.493 e. The molecule has 2 rings (SSSR count). The van der Waals surface area contributed by atoms with E-state index >= 15 is 0 Å². The molecule has 102 valence electrons. The van der Waals surface area contributed by atoms with Crippen LogP contribution in [0.15, 0.2) is 27.5 Å². The van der Waals surface area contributed by atoms with Crippen LogP contribution in [0.25, 0.3) is 0 Å². The van der Waals surface area contributed by atoms with Crippen LogP contribution in [-0.2, 0) is 13.1 Å². The Balaban J connectivity index is 2.02. The maximum atomic E-state index is 5.29. The Labute approximate surface area is 119 Å². The molecule has 0 bridgehead atoms. The molecule has 0 fully saturated rings. The minimum Gasteiger partial charge on any atom is -0.493 e. The number of nitrogens with one attached hydrogen (secondary N) is 1. The van der Waals surface area contributed by atoms with Crippen LogP contribution in [-0.4, -0.2) is 24.4 Å². The third-order valence-electron chi connectivity index (χ3n) is 2.51. The summed E-state index contributed by atoms with van der Waals surface area (Å²) in [4.78, 5) is 3.93. The molecule has 0 saturated heterocycles. The van der Waals surface area contributed by atoms with Gasteiger partial charge in [-0.1, -0.05) is 5.16 Å². The standard InChI is InChI=1S/C12H14BrN3O3/c1-17-10-4-8(3-9(13)12(10)18-2)5-14-6-11-15-7-19-16-11/h3-4,7,14H,5-6H2,1-2H3. The van der Waals surface area contributed by atoms with Gasteiger partial charge < -0.3 is 19.3 Å². The van der Waals surface area contributed by atoms with Gasteiger partial charge in [-0.05, 0) is 33.6 Å². The fourth-order valence-electron chi connectivity index (χ4n) is 1.66. The zero-order valence-electron chi connectivity index (χ0n) is 10.6. The molecule has 0 spiro atoms. The predicted molar refractivity (Wildman–Crippen MR) is 72.1 cm³/mol. The molecule has 0 amide bonds. The zero-order valence-corrected chi connectivity index (χ0v) is 12.2. The summed E-state index contributed by atoms with van der Waals surface area (Å²) < 4.78 is 16.1. The Bertz CT molecular complexity index is 531. The SMILES string of the molecule is COc1cc(CNCc2ncon2)cc(Br)c1OC. The van der Waals surface area contributed by atoms with Gasteiger partial charge in [-0.3, -0.25) is 0 Å². The Morgan fingerprint density at radius 3 is 2.74 bits per heavy atom. The van der Waals surface area contributed by atoms with Gasteiger partial charge in [0.15, 0.2) is 17.3 Å². The van der Waals surface area contributed by atoms with Gasteiger partial charge in [-0.25, -0.2) is 0 Å². The van der Waals surface area contributed by atoms with Crippen molar-refractivity contribution in [2.75, 3.05) is 14.2 Å². The van der Waals surface area contributed by atoms with Gasteiger partial charge in [0.2, 0.25) is 6.39 Å². The minimum atomic E-state index is 0.544. The molecule has 0 radical (unpaired) electrons. The van der Waals surface area contributed by atoms with E-state index in [1.54, 1.807) is 14.2 Å². The van der Waals surface area contributed by atoms with Crippen molar-refractivity contribution in [1.82, 2.24) is 15.5 Å². The summed E-state index contributed by atoms with van der Waals surface area (Å²) in [6.45, 7) is 1.20. The summed E-state index contributed by atoms with van der Waals surface area (Å²) >= 11 is 3.46. The smallest absolute Gasteiger partial charge is 0.213 e. The second-order valence-electron chi connectivity index (χ2n) is 3.76. The number of nitrogens with zero attached hydrogens (tertiary/aromatic N) is 2. The quantitative estimate of drug-likeness (QED) is 0.876. The van der Waals surface area contributed by atoms with Crippen LogP contribution in [0.3, 0.4) is 0 Å². The van der Waals surface area contributed by atoms with Crippen molar-refractivity contribution in [2.24, 2.45) is 0 Å². The van der Waals surface area contributed by atoms with Crippen LogP contribution in [0.1, 0.15) is 11.4 Å². The Morgan fingerprint density at radius 2 is 2.11 bits per heavy atom. The number of rotatable bonds is 6. The summed E-state index contributed by atoms with van der Waals surface area (Å²) in [7, 11) is 3.22. The first-order valence-electron chi connectivity index (χ1n) is 5.61. The molecular formula is C12H14BrN3O3. The van der Waals surface area contributed by atoms with Gasteiger partial charge in [0.05, 0.1) is 25.2 Å². The van der Waals surface area contributed by atoms with Crippen molar-refractivity contribution >= 4 is 15.9 Å². The van der Waals surface area contributed by atoms with E-state index in [4.69, 9.17) is 9.47 Å². The van der Waals surface area contributed by atoms with Crippen molar-refractivity contribution in [3.63, 3.8) is 0 Å². The van der Waals surface area contributed by atoms with Gasteiger partial charge in [-0.15, -0.1) is 0 Å². The molecule has 6 nitrogen and oxygen atoms in total. The van der Waals surface area contributed by atoms with E-state index in [-0.39, 0.29) is 0 Å². The van der Waals surface area contributed by atoms with Crippen LogP contribution in [0.2, 0.25) is 0 Å². The fraction of sp³-hybridized carbons (Fsp3) is 0.333. The highest BCUT2D eigenvalue weighted by Gasteiger charge is 2.10. The summed E-state index contributed by atoms with van der Waals surface area (Å²) in [5.41, 5.74) is 1.06. The highest BCUT2D eigenvalue weighted by atomic mass is 79.9. The summed E-state index contributed by atoms with van der Waals surface area (Å²) in [5, 5.41) is 6.94. The topological polar surface area (TPSA) is 69.4 Å². The highest BCUT2D eigenvalue weighted by Crippen LogP contribution is 2.36. The molecule has 0 aliphatic carbocycles. The maximum Gasteiger partial charge on any atom is 0.213 e. The molecule has 0 unspecified atom stereocenters. The average molecular weight is 328 g/mol. The van der Waals surface area contributed by atoms with Crippen molar-refractivity contribution in [2.45, 2.75) is 13.1 Å². The maximum absolute atomic E-state index is 5.29. The molecular weight excluding hydrogens is 314 g/mol. The van der Waals surface area contributed by atoms with Crippen molar-refractivity contribution in [3.05, 3.63) is 34.4 Å². The molecule has 1 aromatic carbocycles. The molecule has 19 heavy (non-hydrogen) atoms. The Morgan fingerprint density at radius 1 is 1.26 bits per heavy atom. The molecule has 1 N–H and O–H groups in total. The normalized spacial score (nSPS) is 10.5. The molecule has 0 aliphatic rings. The number of hydrogen-bond acceptors (Lipinski definition) is 6. The zero-order chi connectivity index (χ0) is 13.7. The van der Waals surface area contributed by atoms with E-state index in [0.29, 0.717) is 30.4 Å². The fourth-order valence-corrected chi connectivity index (χ4v) is 2.31. The number of aromatic nitrogens is 2. The molecule has 0 atom stereocenters. The predicted octanol–water partition coefficient (Wildman–Crippen LogP) is 2.14. The van der Waals surface area contributed by atoms with Crippen LogP contribution in [0.4, 0.5) is 0 Å². The van der Waals surface area contributed by atoms with Gasteiger partial charge >= 0.3 is 0 Å².